The standard InChI is InChI=1S/C22H24ClFN2O/c23-19-7-5-17(6-8-19)14-26-16-22(13-21(26)27)9-11-25(12-10-22)15-18-3-1-2-4-20(18)24/h1-8H,9-16H2. The summed E-state index contributed by atoms with van der Waals surface area (Å²) in [6.07, 6.45) is 2.61. The summed E-state index contributed by atoms with van der Waals surface area (Å²) in [5.74, 6) is 0.107. The smallest absolute Gasteiger partial charge is 0.223 e. The normalized spacial score (nSPS) is 19.8. The first-order chi connectivity index (χ1) is 13.0. The predicted octanol–water partition coefficient (Wildman–Crippen LogP) is 4.49. The Labute approximate surface area is 164 Å². The number of amides is 1. The van der Waals surface area contributed by atoms with E-state index in [2.05, 4.69) is 4.90 Å². The number of carbonyl (C=O) groups excluding carboxylic acids is 1. The quantitative estimate of drug-likeness (QED) is 0.772. The Balaban J connectivity index is 1.35. The van der Waals surface area contributed by atoms with Gasteiger partial charge >= 0.3 is 0 Å². The molecule has 0 bridgehead atoms. The van der Waals surface area contributed by atoms with Crippen LogP contribution in [0.4, 0.5) is 4.39 Å². The summed E-state index contributed by atoms with van der Waals surface area (Å²) in [6.45, 7) is 3.94. The number of hydrogen-bond acceptors (Lipinski definition) is 2. The van der Waals surface area contributed by atoms with Gasteiger partial charge in [-0.15, -0.1) is 0 Å². The van der Waals surface area contributed by atoms with Crippen LogP contribution in [0.1, 0.15) is 30.4 Å². The fraction of sp³-hybridized carbons (Fsp3) is 0.409. The van der Waals surface area contributed by atoms with Crippen LogP contribution in [0, 0.1) is 11.2 Å². The maximum atomic E-state index is 13.9. The lowest BCUT2D eigenvalue weighted by Gasteiger charge is -2.38. The average Bonchev–Trinajstić information content (AvgIpc) is 2.96. The van der Waals surface area contributed by atoms with E-state index < -0.39 is 0 Å². The molecule has 2 aliphatic heterocycles. The van der Waals surface area contributed by atoms with E-state index in [4.69, 9.17) is 11.6 Å². The second-order valence-corrected chi connectivity index (χ2v) is 8.36. The van der Waals surface area contributed by atoms with E-state index in [1.807, 2.05) is 41.3 Å². The minimum atomic E-state index is -0.136. The molecule has 3 nitrogen and oxygen atoms in total. The highest BCUT2D eigenvalue weighted by Gasteiger charge is 2.44. The maximum absolute atomic E-state index is 13.9. The maximum Gasteiger partial charge on any atom is 0.223 e. The Hall–Kier alpha value is -1.91. The van der Waals surface area contributed by atoms with Crippen LogP contribution in [0.25, 0.3) is 0 Å². The van der Waals surface area contributed by atoms with Crippen LogP contribution >= 0.6 is 11.6 Å². The highest BCUT2D eigenvalue weighted by atomic mass is 35.5. The number of carbonyl (C=O) groups is 1. The Morgan fingerprint density at radius 3 is 2.41 bits per heavy atom. The molecule has 2 heterocycles. The molecule has 0 N–H and O–H groups in total. The van der Waals surface area contributed by atoms with Crippen molar-refractivity contribution in [3.05, 3.63) is 70.5 Å². The molecular formula is C22H24ClFN2O. The van der Waals surface area contributed by atoms with Crippen molar-refractivity contribution in [1.29, 1.82) is 0 Å². The molecule has 2 aromatic rings. The molecule has 142 valence electrons. The third-order valence-corrected chi connectivity index (χ3v) is 6.21. The zero-order valence-corrected chi connectivity index (χ0v) is 16.1. The summed E-state index contributed by atoms with van der Waals surface area (Å²) in [4.78, 5) is 16.9. The Kier molecular flexibility index (Phi) is 5.20. The minimum absolute atomic E-state index is 0.0786. The molecule has 0 aliphatic carbocycles. The van der Waals surface area contributed by atoms with Crippen molar-refractivity contribution in [2.45, 2.75) is 32.4 Å². The molecule has 27 heavy (non-hydrogen) atoms. The summed E-state index contributed by atoms with van der Waals surface area (Å²) >= 11 is 5.95. The number of halogens is 2. The van der Waals surface area contributed by atoms with Crippen LogP contribution in [0.2, 0.25) is 5.02 Å². The molecule has 4 rings (SSSR count). The molecule has 5 heteroatoms. The molecule has 2 saturated heterocycles. The van der Waals surface area contributed by atoms with E-state index in [9.17, 15) is 9.18 Å². The topological polar surface area (TPSA) is 23.6 Å². The Morgan fingerprint density at radius 1 is 1.00 bits per heavy atom. The van der Waals surface area contributed by atoms with E-state index in [1.165, 1.54) is 6.07 Å². The lowest BCUT2D eigenvalue weighted by molar-refractivity contribution is -0.128. The van der Waals surface area contributed by atoms with E-state index >= 15 is 0 Å². The molecular weight excluding hydrogens is 363 g/mol. The molecule has 1 amide bonds. The second kappa shape index (κ2) is 7.61. The van der Waals surface area contributed by atoms with E-state index in [-0.39, 0.29) is 17.1 Å². The van der Waals surface area contributed by atoms with Crippen LogP contribution < -0.4 is 0 Å². The van der Waals surface area contributed by atoms with Gasteiger partial charge in [0.25, 0.3) is 0 Å². The molecule has 0 radical (unpaired) electrons. The predicted molar refractivity (Wildman–Crippen MR) is 105 cm³/mol. The van der Waals surface area contributed by atoms with Crippen LogP contribution in [-0.4, -0.2) is 35.3 Å². The van der Waals surface area contributed by atoms with Crippen molar-refractivity contribution < 1.29 is 9.18 Å². The summed E-state index contributed by atoms with van der Waals surface area (Å²) < 4.78 is 13.9. The highest BCUT2D eigenvalue weighted by molar-refractivity contribution is 6.30. The van der Waals surface area contributed by atoms with Gasteiger partial charge in [-0.3, -0.25) is 9.69 Å². The number of piperidine rings is 1. The second-order valence-electron chi connectivity index (χ2n) is 7.92. The minimum Gasteiger partial charge on any atom is -0.338 e. The molecule has 2 aliphatic rings. The van der Waals surface area contributed by atoms with Crippen LogP contribution in [-0.2, 0) is 17.9 Å². The van der Waals surface area contributed by atoms with Crippen LogP contribution in [0.15, 0.2) is 48.5 Å². The van der Waals surface area contributed by atoms with Gasteiger partial charge in [0.15, 0.2) is 0 Å². The SMILES string of the molecule is O=C1CC2(CCN(Cc3ccccc3F)CC2)CN1Cc1ccc(Cl)cc1. The van der Waals surface area contributed by atoms with Gasteiger partial charge in [-0.25, -0.2) is 4.39 Å². The molecule has 0 unspecified atom stereocenters. The van der Waals surface area contributed by atoms with Gasteiger partial charge in [0.05, 0.1) is 0 Å². The Morgan fingerprint density at radius 2 is 1.70 bits per heavy atom. The van der Waals surface area contributed by atoms with Crippen molar-refractivity contribution >= 4 is 17.5 Å². The Bertz CT molecular complexity index is 815. The lowest BCUT2D eigenvalue weighted by atomic mass is 9.77. The zero-order valence-electron chi connectivity index (χ0n) is 15.3. The van der Waals surface area contributed by atoms with E-state index in [1.54, 1.807) is 6.07 Å². The van der Waals surface area contributed by atoms with Gasteiger partial charge in [-0.1, -0.05) is 41.9 Å². The number of hydrogen-bond donors (Lipinski definition) is 0. The highest BCUT2D eigenvalue weighted by Crippen LogP contribution is 2.41. The average molecular weight is 387 g/mol. The molecule has 0 saturated carbocycles. The first kappa shape index (κ1) is 18.5. The van der Waals surface area contributed by atoms with Crippen molar-refractivity contribution in [3.63, 3.8) is 0 Å². The summed E-state index contributed by atoms with van der Waals surface area (Å²) in [5.41, 5.74) is 1.94. The van der Waals surface area contributed by atoms with Gasteiger partial charge in [0.2, 0.25) is 5.91 Å². The van der Waals surface area contributed by atoms with Crippen molar-refractivity contribution in [3.8, 4) is 0 Å². The van der Waals surface area contributed by atoms with Gasteiger partial charge in [0.1, 0.15) is 5.82 Å². The molecule has 0 atom stereocenters. The monoisotopic (exact) mass is 386 g/mol. The van der Waals surface area contributed by atoms with E-state index in [0.717, 1.165) is 43.6 Å². The van der Waals surface area contributed by atoms with Gasteiger partial charge in [-0.2, -0.15) is 0 Å². The van der Waals surface area contributed by atoms with Gasteiger partial charge in [0, 0.05) is 36.6 Å². The number of likely N-dealkylation sites (tertiary alicyclic amines) is 2. The number of rotatable bonds is 4. The number of benzene rings is 2. The molecule has 1 spiro atoms. The van der Waals surface area contributed by atoms with Crippen molar-refractivity contribution in [1.82, 2.24) is 9.80 Å². The van der Waals surface area contributed by atoms with Crippen molar-refractivity contribution in [2.75, 3.05) is 19.6 Å². The fourth-order valence-electron chi connectivity index (χ4n) is 4.32. The zero-order chi connectivity index (χ0) is 18.9. The lowest BCUT2D eigenvalue weighted by Crippen LogP contribution is -2.41. The fourth-order valence-corrected chi connectivity index (χ4v) is 4.45. The summed E-state index contributed by atoms with van der Waals surface area (Å²) in [7, 11) is 0. The van der Waals surface area contributed by atoms with Gasteiger partial charge < -0.3 is 4.90 Å². The summed E-state index contributed by atoms with van der Waals surface area (Å²) in [5, 5.41) is 0.713. The van der Waals surface area contributed by atoms with Crippen LogP contribution in [0.5, 0.6) is 0 Å². The molecule has 2 aromatic carbocycles. The van der Waals surface area contributed by atoms with Crippen molar-refractivity contribution in [2.24, 2.45) is 5.41 Å². The van der Waals surface area contributed by atoms with Crippen LogP contribution in [0.3, 0.4) is 0 Å². The summed E-state index contributed by atoms with van der Waals surface area (Å²) in [6, 6.07) is 14.7. The first-order valence-electron chi connectivity index (χ1n) is 9.51. The molecule has 0 aromatic heterocycles. The largest absolute Gasteiger partial charge is 0.338 e. The first-order valence-corrected chi connectivity index (χ1v) is 9.89. The third-order valence-electron chi connectivity index (χ3n) is 5.96. The molecule has 2 fully saturated rings. The van der Waals surface area contributed by atoms with E-state index in [0.29, 0.717) is 24.5 Å². The number of nitrogens with zero attached hydrogens (tertiary/aromatic N) is 2. The van der Waals surface area contributed by atoms with Gasteiger partial charge in [-0.05, 0) is 55.1 Å². The third kappa shape index (κ3) is 4.17.